The van der Waals surface area contributed by atoms with Gasteiger partial charge in [-0.3, -0.25) is 0 Å². The van der Waals surface area contributed by atoms with Gasteiger partial charge < -0.3 is 14.9 Å². The number of rotatable bonds is 4. The van der Waals surface area contributed by atoms with Gasteiger partial charge in [0.1, 0.15) is 0 Å². The van der Waals surface area contributed by atoms with Gasteiger partial charge >= 0.3 is 12.1 Å². The normalized spacial score (nSPS) is 11.4. The summed E-state index contributed by atoms with van der Waals surface area (Å²) < 4.78 is 42.9. The van der Waals surface area contributed by atoms with Crippen molar-refractivity contribution in [3.8, 4) is 0 Å². The number of nitrogens with zero attached hydrogens (tertiary/aromatic N) is 1. The van der Waals surface area contributed by atoms with Crippen LogP contribution in [-0.2, 0) is 12.7 Å². The number of benzene rings is 1. The van der Waals surface area contributed by atoms with E-state index in [2.05, 4.69) is 26.4 Å². The predicted octanol–water partition coefficient (Wildman–Crippen LogP) is 3.77. The zero-order chi connectivity index (χ0) is 15.6. The van der Waals surface area contributed by atoms with Gasteiger partial charge in [-0.15, -0.1) is 0 Å². The molecule has 0 saturated carbocycles. The van der Waals surface area contributed by atoms with E-state index in [4.69, 9.17) is 9.63 Å². The van der Waals surface area contributed by atoms with Crippen LogP contribution in [0.15, 0.2) is 33.3 Å². The molecule has 0 radical (unpaired) electrons. The number of halogens is 4. The maximum Gasteiger partial charge on any atom is 0.417 e. The Morgan fingerprint density at radius 3 is 2.67 bits per heavy atom. The van der Waals surface area contributed by atoms with Crippen LogP contribution in [0.1, 0.15) is 21.8 Å². The fourth-order valence-electron chi connectivity index (χ4n) is 1.54. The third kappa shape index (κ3) is 3.75. The van der Waals surface area contributed by atoms with Crippen molar-refractivity contribution in [3.63, 3.8) is 0 Å². The third-order valence-corrected chi connectivity index (χ3v) is 3.21. The number of carboxylic acids is 1. The molecule has 1 aromatic heterocycles. The summed E-state index contributed by atoms with van der Waals surface area (Å²) in [4.78, 5) is 10.6. The molecule has 2 N–H and O–H groups in total. The molecule has 0 spiro atoms. The lowest BCUT2D eigenvalue weighted by molar-refractivity contribution is -0.138. The number of anilines is 1. The van der Waals surface area contributed by atoms with Gasteiger partial charge in [-0.05, 0) is 18.2 Å². The summed E-state index contributed by atoms with van der Waals surface area (Å²) in [6, 6.07) is 4.86. The zero-order valence-electron chi connectivity index (χ0n) is 10.2. The van der Waals surface area contributed by atoms with Crippen molar-refractivity contribution < 1.29 is 27.6 Å². The number of carboxylic acid groups (broad SMARTS) is 1. The molecular weight excluding hydrogens is 357 g/mol. The molecule has 0 bridgehead atoms. The second kappa shape index (κ2) is 5.76. The maximum absolute atomic E-state index is 12.7. The summed E-state index contributed by atoms with van der Waals surface area (Å²) in [5, 5.41) is 14.7. The van der Waals surface area contributed by atoms with E-state index >= 15 is 0 Å². The van der Waals surface area contributed by atoms with Gasteiger partial charge in [0.05, 0.1) is 12.1 Å². The minimum atomic E-state index is -4.47. The van der Waals surface area contributed by atoms with Crippen LogP contribution in [0.3, 0.4) is 0 Å². The molecule has 21 heavy (non-hydrogen) atoms. The maximum atomic E-state index is 12.7. The molecule has 1 heterocycles. The largest absolute Gasteiger partial charge is 0.476 e. The van der Waals surface area contributed by atoms with Crippen molar-refractivity contribution >= 4 is 27.6 Å². The molecule has 112 valence electrons. The number of nitrogens with one attached hydrogen (secondary N) is 1. The van der Waals surface area contributed by atoms with Crippen LogP contribution in [0.4, 0.5) is 18.9 Å². The Hall–Kier alpha value is -2.03. The van der Waals surface area contributed by atoms with E-state index in [1.165, 1.54) is 18.2 Å². The van der Waals surface area contributed by atoms with Crippen molar-refractivity contribution in [3.05, 3.63) is 45.8 Å². The van der Waals surface area contributed by atoms with Crippen LogP contribution >= 0.6 is 15.9 Å². The number of hydrogen-bond acceptors (Lipinski definition) is 4. The molecule has 0 amide bonds. The molecular formula is C12H8BrF3N2O3. The quantitative estimate of drug-likeness (QED) is 0.863. The smallest absolute Gasteiger partial charge is 0.417 e. The molecule has 0 saturated heterocycles. The van der Waals surface area contributed by atoms with Gasteiger partial charge in [0.2, 0.25) is 0 Å². The highest BCUT2D eigenvalue weighted by Crippen LogP contribution is 2.36. The molecule has 5 nitrogen and oxygen atoms in total. The average molecular weight is 365 g/mol. The Labute approximate surface area is 124 Å². The monoisotopic (exact) mass is 364 g/mol. The van der Waals surface area contributed by atoms with Crippen molar-refractivity contribution in [2.24, 2.45) is 0 Å². The van der Waals surface area contributed by atoms with Crippen molar-refractivity contribution in [1.82, 2.24) is 5.16 Å². The van der Waals surface area contributed by atoms with E-state index in [1.807, 2.05) is 0 Å². The first-order valence-electron chi connectivity index (χ1n) is 5.57. The first-order chi connectivity index (χ1) is 9.77. The fraction of sp³-hybridized carbons (Fsp3) is 0.167. The molecule has 9 heteroatoms. The van der Waals surface area contributed by atoms with Crippen molar-refractivity contribution in [2.75, 3.05) is 5.32 Å². The second-order valence-corrected chi connectivity index (χ2v) is 4.88. The first-order valence-corrected chi connectivity index (χ1v) is 6.36. The SMILES string of the molecule is O=C(O)c1cc(CNc2ccc(Br)c(C(F)(F)F)c2)on1. The Bertz CT molecular complexity index is 670. The molecule has 0 atom stereocenters. The summed E-state index contributed by atoms with van der Waals surface area (Å²) in [7, 11) is 0. The topological polar surface area (TPSA) is 75.4 Å². The van der Waals surface area contributed by atoms with Gasteiger partial charge in [-0.25, -0.2) is 4.79 Å². The van der Waals surface area contributed by atoms with Gasteiger partial charge in [-0.1, -0.05) is 21.1 Å². The Morgan fingerprint density at radius 1 is 1.38 bits per heavy atom. The molecule has 0 aliphatic carbocycles. The lowest BCUT2D eigenvalue weighted by atomic mass is 10.2. The van der Waals surface area contributed by atoms with Crippen molar-refractivity contribution in [1.29, 1.82) is 0 Å². The fourth-order valence-corrected chi connectivity index (χ4v) is 2.01. The number of aromatic carboxylic acids is 1. The number of hydrogen-bond donors (Lipinski definition) is 2. The van der Waals surface area contributed by atoms with Crippen LogP contribution in [0, 0.1) is 0 Å². The zero-order valence-corrected chi connectivity index (χ0v) is 11.8. The number of alkyl halides is 3. The Kier molecular flexibility index (Phi) is 4.21. The molecule has 0 aliphatic rings. The van der Waals surface area contributed by atoms with E-state index in [0.717, 1.165) is 6.07 Å². The molecule has 1 aromatic carbocycles. The van der Waals surface area contributed by atoms with E-state index < -0.39 is 17.7 Å². The molecule has 0 aliphatic heterocycles. The van der Waals surface area contributed by atoms with Crippen LogP contribution in [0.5, 0.6) is 0 Å². The molecule has 2 rings (SSSR count). The summed E-state index contributed by atoms with van der Waals surface area (Å²) in [5.74, 6) is -1.04. The predicted molar refractivity (Wildman–Crippen MR) is 69.9 cm³/mol. The Balaban J connectivity index is 2.11. The lowest BCUT2D eigenvalue weighted by Crippen LogP contribution is -2.07. The number of carbonyl (C=O) groups is 1. The molecule has 2 aromatic rings. The van der Waals surface area contributed by atoms with Crippen LogP contribution in [0.2, 0.25) is 0 Å². The number of aromatic nitrogens is 1. The summed E-state index contributed by atoms with van der Waals surface area (Å²) in [6.07, 6.45) is -4.47. The van der Waals surface area contributed by atoms with E-state index in [0.29, 0.717) is 0 Å². The van der Waals surface area contributed by atoms with Crippen LogP contribution in [0.25, 0.3) is 0 Å². The summed E-state index contributed by atoms with van der Waals surface area (Å²) >= 11 is 2.84. The minimum absolute atomic E-state index is 0.0131. The molecule has 0 unspecified atom stereocenters. The Morgan fingerprint density at radius 2 is 2.10 bits per heavy atom. The average Bonchev–Trinajstić information content (AvgIpc) is 2.85. The van der Waals surface area contributed by atoms with Crippen LogP contribution < -0.4 is 5.32 Å². The summed E-state index contributed by atoms with van der Waals surface area (Å²) in [6.45, 7) is 0.0131. The van der Waals surface area contributed by atoms with Crippen LogP contribution in [-0.4, -0.2) is 16.2 Å². The van der Waals surface area contributed by atoms with E-state index in [9.17, 15) is 18.0 Å². The van der Waals surface area contributed by atoms with E-state index in [1.54, 1.807) is 0 Å². The van der Waals surface area contributed by atoms with Gasteiger partial charge in [0, 0.05) is 16.2 Å². The highest BCUT2D eigenvalue weighted by molar-refractivity contribution is 9.10. The van der Waals surface area contributed by atoms with Gasteiger partial charge in [-0.2, -0.15) is 13.2 Å². The second-order valence-electron chi connectivity index (χ2n) is 4.03. The molecule has 0 fully saturated rings. The highest BCUT2D eigenvalue weighted by atomic mass is 79.9. The standard InChI is InChI=1S/C12H8BrF3N2O3/c13-9-2-1-6(3-8(9)12(14,15)16)17-5-7-4-10(11(19)20)18-21-7/h1-4,17H,5H2,(H,19,20). The third-order valence-electron chi connectivity index (χ3n) is 2.52. The highest BCUT2D eigenvalue weighted by Gasteiger charge is 2.33. The van der Waals surface area contributed by atoms with Gasteiger partial charge in [0.15, 0.2) is 11.5 Å². The van der Waals surface area contributed by atoms with Gasteiger partial charge in [0.25, 0.3) is 0 Å². The summed E-state index contributed by atoms with van der Waals surface area (Å²) in [5.41, 5.74) is -0.853. The lowest BCUT2D eigenvalue weighted by Gasteiger charge is -2.11. The van der Waals surface area contributed by atoms with Crippen molar-refractivity contribution in [2.45, 2.75) is 12.7 Å². The minimum Gasteiger partial charge on any atom is -0.476 e. The van der Waals surface area contributed by atoms with E-state index in [-0.39, 0.29) is 28.2 Å². The first kappa shape index (κ1) is 15.4.